The van der Waals surface area contributed by atoms with Crippen LogP contribution in [0.3, 0.4) is 0 Å². The molecule has 0 aromatic heterocycles. The van der Waals surface area contributed by atoms with E-state index in [0.29, 0.717) is 0 Å². The van der Waals surface area contributed by atoms with Gasteiger partial charge in [0, 0.05) is 5.02 Å². The van der Waals surface area contributed by atoms with Crippen molar-refractivity contribution in [2.45, 2.75) is 20.5 Å². The molecule has 88 valence electrons. The highest BCUT2D eigenvalue weighted by Crippen LogP contribution is 2.27. The molecule has 0 saturated heterocycles. The molecule has 0 heterocycles. The summed E-state index contributed by atoms with van der Waals surface area (Å²) >= 11 is 5.95. The predicted octanol–water partition coefficient (Wildman–Crippen LogP) is 4.12. The van der Waals surface area contributed by atoms with Crippen molar-refractivity contribution >= 4 is 11.6 Å². The Balaban J connectivity index is 2.50. The van der Waals surface area contributed by atoms with Crippen molar-refractivity contribution in [2.75, 3.05) is 0 Å². The minimum Gasteiger partial charge on any atom is -0.392 e. The summed E-state index contributed by atoms with van der Waals surface area (Å²) in [7, 11) is 0. The number of aliphatic hydroxyl groups excluding tert-OH is 1. The Kier molecular flexibility index (Phi) is 3.51. The molecule has 0 aliphatic rings. The molecule has 0 amide bonds. The van der Waals surface area contributed by atoms with Crippen LogP contribution in [-0.4, -0.2) is 5.11 Å². The van der Waals surface area contributed by atoms with Gasteiger partial charge in [0.15, 0.2) is 0 Å². The quantitative estimate of drug-likeness (QED) is 0.845. The molecule has 2 rings (SSSR count). The number of rotatable bonds is 2. The third kappa shape index (κ3) is 2.51. The maximum absolute atomic E-state index is 9.15. The number of aliphatic hydroxyl groups is 1. The molecule has 2 aromatic carbocycles. The summed E-state index contributed by atoms with van der Waals surface area (Å²) in [5.41, 5.74) is 5.59. The van der Waals surface area contributed by atoms with E-state index in [1.165, 1.54) is 5.56 Å². The first-order valence-corrected chi connectivity index (χ1v) is 5.96. The van der Waals surface area contributed by atoms with Gasteiger partial charge in [-0.05, 0) is 53.8 Å². The number of hydrogen-bond acceptors (Lipinski definition) is 1. The zero-order valence-electron chi connectivity index (χ0n) is 10.00. The topological polar surface area (TPSA) is 20.2 Å². The van der Waals surface area contributed by atoms with Crippen molar-refractivity contribution < 1.29 is 5.11 Å². The summed E-state index contributed by atoms with van der Waals surface area (Å²) < 4.78 is 0. The maximum atomic E-state index is 9.15. The van der Waals surface area contributed by atoms with Gasteiger partial charge in [-0.2, -0.15) is 0 Å². The summed E-state index contributed by atoms with van der Waals surface area (Å²) in [4.78, 5) is 0. The second-order valence-corrected chi connectivity index (χ2v) is 4.70. The Labute approximate surface area is 107 Å². The minimum absolute atomic E-state index is 0.0890. The molecule has 0 atom stereocenters. The van der Waals surface area contributed by atoms with E-state index in [4.69, 9.17) is 16.7 Å². The van der Waals surface area contributed by atoms with Gasteiger partial charge in [-0.15, -0.1) is 0 Å². The van der Waals surface area contributed by atoms with E-state index in [1.807, 2.05) is 37.3 Å². The van der Waals surface area contributed by atoms with Gasteiger partial charge in [-0.25, -0.2) is 0 Å². The molecule has 0 bridgehead atoms. The van der Waals surface area contributed by atoms with Crippen LogP contribution in [0.2, 0.25) is 5.02 Å². The molecule has 0 aliphatic heterocycles. The molecule has 0 radical (unpaired) electrons. The van der Waals surface area contributed by atoms with Crippen LogP contribution in [-0.2, 0) is 6.61 Å². The van der Waals surface area contributed by atoms with Crippen molar-refractivity contribution in [1.82, 2.24) is 0 Å². The van der Waals surface area contributed by atoms with Crippen molar-refractivity contribution in [3.63, 3.8) is 0 Å². The summed E-state index contributed by atoms with van der Waals surface area (Å²) in [5, 5.41) is 9.91. The molecule has 2 aromatic rings. The Morgan fingerprint density at radius 2 is 1.76 bits per heavy atom. The molecule has 1 N–H and O–H groups in total. The SMILES string of the molecule is Cc1cc(-c2ccc(Cl)cc2C)ccc1CO. The predicted molar refractivity (Wildman–Crippen MR) is 72.3 cm³/mol. The third-order valence-corrected chi connectivity index (χ3v) is 3.25. The average molecular weight is 247 g/mol. The Morgan fingerprint density at radius 3 is 2.35 bits per heavy atom. The Morgan fingerprint density at radius 1 is 1.00 bits per heavy atom. The zero-order chi connectivity index (χ0) is 12.4. The summed E-state index contributed by atoms with van der Waals surface area (Å²) in [5.74, 6) is 0. The first-order valence-electron chi connectivity index (χ1n) is 5.58. The van der Waals surface area contributed by atoms with Gasteiger partial charge in [0.05, 0.1) is 6.61 Å². The maximum Gasteiger partial charge on any atom is 0.0684 e. The highest BCUT2D eigenvalue weighted by molar-refractivity contribution is 6.30. The van der Waals surface area contributed by atoms with Crippen LogP contribution < -0.4 is 0 Å². The molecular weight excluding hydrogens is 232 g/mol. The van der Waals surface area contributed by atoms with Gasteiger partial charge in [0.2, 0.25) is 0 Å². The monoisotopic (exact) mass is 246 g/mol. The fraction of sp³-hybridized carbons (Fsp3) is 0.200. The van der Waals surface area contributed by atoms with Gasteiger partial charge in [0.25, 0.3) is 0 Å². The van der Waals surface area contributed by atoms with Gasteiger partial charge in [-0.3, -0.25) is 0 Å². The molecule has 0 spiro atoms. The molecule has 2 heteroatoms. The van der Waals surface area contributed by atoms with Crippen LogP contribution in [0.4, 0.5) is 0 Å². The van der Waals surface area contributed by atoms with Crippen LogP contribution in [0.15, 0.2) is 36.4 Å². The molecule has 0 fully saturated rings. The van der Waals surface area contributed by atoms with Crippen molar-refractivity contribution in [3.8, 4) is 11.1 Å². The highest BCUT2D eigenvalue weighted by atomic mass is 35.5. The fourth-order valence-corrected chi connectivity index (χ4v) is 2.22. The zero-order valence-corrected chi connectivity index (χ0v) is 10.8. The van der Waals surface area contributed by atoms with Crippen LogP contribution in [0, 0.1) is 13.8 Å². The largest absolute Gasteiger partial charge is 0.392 e. The fourth-order valence-electron chi connectivity index (χ4n) is 1.99. The second kappa shape index (κ2) is 4.91. The van der Waals surface area contributed by atoms with Gasteiger partial charge in [0.1, 0.15) is 0 Å². The number of hydrogen-bond donors (Lipinski definition) is 1. The van der Waals surface area contributed by atoms with E-state index < -0.39 is 0 Å². The van der Waals surface area contributed by atoms with Gasteiger partial charge in [-0.1, -0.05) is 35.9 Å². The Hall–Kier alpha value is -1.31. The first kappa shape index (κ1) is 12.2. The van der Waals surface area contributed by atoms with Crippen LogP contribution in [0.1, 0.15) is 16.7 Å². The molecular formula is C15H15ClO. The second-order valence-electron chi connectivity index (χ2n) is 4.26. The van der Waals surface area contributed by atoms with E-state index in [9.17, 15) is 0 Å². The van der Waals surface area contributed by atoms with Crippen molar-refractivity contribution in [1.29, 1.82) is 0 Å². The number of benzene rings is 2. The lowest BCUT2D eigenvalue weighted by Crippen LogP contribution is -1.90. The minimum atomic E-state index is 0.0890. The lowest BCUT2D eigenvalue weighted by molar-refractivity contribution is 0.281. The van der Waals surface area contributed by atoms with Crippen molar-refractivity contribution in [3.05, 3.63) is 58.1 Å². The van der Waals surface area contributed by atoms with E-state index in [2.05, 4.69) is 13.0 Å². The van der Waals surface area contributed by atoms with Crippen LogP contribution in [0.25, 0.3) is 11.1 Å². The summed E-state index contributed by atoms with van der Waals surface area (Å²) in [6, 6.07) is 12.0. The standard InChI is InChI=1S/C15H15ClO/c1-10-7-12(3-4-13(10)9-17)15-6-5-14(16)8-11(15)2/h3-8,17H,9H2,1-2H3. The lowest BCUT2D eigenvalue weighted by atomic mass is 9.97. The van der Waals surface area contributed by atoms with Crippen LogP contribution in [0.5, 0.6) is 0 Å². The molecule has 1 nitrogen and oxygen atoms in total. The normalized spacial score (nSPS) is 10.6. The lowest BCUT2D eigenvalue weighted by Gasteiger charge is -2.09. The Bertz CT molecular complexity index is 547. The molecule has 17 heavy (non-hydrogen) atoms. The first-order chi connectivity index (χ1) is 8.11. The highest BCUT2D eigenvalue weighted by Gasteiger charge is 2.04. The van der Waals surface area contributed by atoms with E-state index in [-0.39, 0.29) is 6.61 Å². The molecule has 0 unspecified atom stereocenters. The molecule has 0 aliphatic carbocycles. The number of aryl methyl sites for hydroxylation is 2. The van der Waals surface area contributed by atoms with E-state index in [1.54, 1.807) is 0 Å². The molecule has 0 saturated carbocycles. The van der Waals surface area contributed by atoms with E-state index >= 15 is 0 Å². The number of halogens is 1. The smallest absolute Gasteiger partial charge is 0.0684 e. The van der Waals surface area contributed by atoms with E-state index in [0.717, 1.165) is 27.3 Å². The summed E-state index contributed by atoms with van der Waals surface area (Å²) in [6.07, 6.45) is 0. The average Bonchev–Trinajstić information content (AvgIpc) is 2.29. The van der Waals surface area contributed by atoms with Gasteiger partial charge >= 0.3 is 0 Å². The van der Waals surface area contributed by atoms with Crippen molar-refractivity contribution in [2.24, 2.45) is 0 Å². The van der Waals surface area contributed by atoms with Gasteiger partial charge < -0.3 is 5.11 Å². The van der Waals surface area contributed by atoms with Crippen LogP contribution >= 0.6 is 11.6 Å². The third-order valence-electron chi connectivity index (χ3n) is 3.01. The summed E-state index contributed by atoms with van der Waals surface area (Å²) in [6.45, 7) is 4.16.